The maximum atomic E-state index is 11.9. The zero-order valence-corrected chi connectivity index (χ0v) is 12.9. The van der Waals surface area contributed by atoms with Crippen molar-refractivity contribution >= 4 is 23.4 Å². The number of hydrogen-bond acceptors (Lipinski definition) is 2. The lowest BCUT2D eigenvalue weighted by molar-refractivity contribution is -0.122. The molecule has 0 radical (unpaired) electrons. The van der Waals surface area contributed by atoms with Crippen molar-refractivity contribution in [2.45, 2.75) is 19.3 Å². The summed E-state index contributed by atoms with van der Waals surface area (Å²) in [5.41, 5.74) is 6.18. The normalized spacial score (nSPS) is 11.5. The molecule has 0 bridgehead atoms. The van der Waals surface area contributed by atoms with E-state index in [1.807, 2.05) is 37.3 Å². The lowest BCUT2D eigenvalue weighted by Crippen LogP contribution is -2.42. The highest BCUT2D eigenvalue weighted by Gasteiger charge is 2.13. The summed E-state index contributed by atoms with van der Waals surface area (Å²) in [5, 5.41) is 0.340. The van der Waals surface area contributed by atoms with Gasteiger partial charge in [-0.2, -0.15) is 0 Å². The van der Waals surface area contributed by atoms with Crippen molar-refractivity contribution in [2.24, 2.45) is 0 Å². The molecule has 0 saturated carbocycles. The smallest absolute Gasteiger partial charge is 0.271 e. The van der Waals surface area contributed by atoms with E-state index in [1.54, 1.807) is 24.3 Å². The third kappa shape index (κ3) is 4.33. The summed E-state index contributed by atoms with van der Waals surface area (Å²) < 4.78 is 0. The van der Waals surface area contributed by atoms with Crippen molar-refractivity contribution in [3.63, 3.8) is 0 Å². The second kappa shape index (κ2) is 7.61. The number of rotatable bonds is 4. The molecule has 0 aliphatic carbocycles. The van der Waals surface area contributed by atoms with E-state index < -0.39 is 5.91 Å². The Kier molecular flexibility index (Phi) is 5.55. The van der Waals surface area contributed by atoms with E-state index in [9.17, 15) is 9.59 Å². The van der Waals surface area contributed by atoms with Crippen LogP contribution in [0.1, 0.15) is 35.2 Å². The van der Waals surface area contributed by atoms with Gasteiger partial charge in [-0.25, -0.2) is 0 Å². The first kappa shape index (κ1) is 16.0. The fourth-order valence-electron chi connectivity index (χ4n) is 2.07. The summed E-state index contributed by atoms with van der Waals surface area (Å²) in [4.78, 5) is 23.8. The molecular formula is C17H17ClN2O2. The molecule has 2 amide bonds. The highest BCUT2D eigenvalue weighted by Crippen LogP contribution is 2.18. The largest absolute Gasteiger partial charge is 0.273 e. The van der Waals surface area contributed by atoms with Crippen LogP contribution in [0.5, 0.6) is 0 Å². The maximum Gasteiger partial charge on any atom is 0.271 e. The van der Waals surface area contributed by atoms with Gasteiger partial charge in [-0.15, -0.1) is 0 Å². The Morgan fingerprint density at radius 3 is 2.32 bits per heavy atom. The second-order valence-electron chi connectivity index (χ2n) is 5.00. The molecule has 0 heterocycles. The molecule has 0 spiro atoms. The second-order valence-corrected chi connectivity index (χ2v) is 5.41. The zero-order chi connectivity index (χ0) is 15.9. The maximum absolute atomic E-state index is 11.9. The predicted octanol–water partition coefficient (Wildman–Crippen LogP) is 3.29. The minimum absolute atomic E-state index is 0.0680. The fraction of sp³-hybridized carbons (Fsp3) is 0.176. The number of nitrogens with one attached hydrogen (secondary N) is 2. The average molecular weight is 317 g/mol. The lowest BCUT2D eigenvalue weighted by Gasteiger charge is -2.13. The van der Waals surface area contributed by atoms with Crippen LogP contribution in [0.3, 0.4) is 0 Å². The van der Waals surface area contributed by atoms with Crippen LogP contribution in [0.25, 0.3) is 0 Å². The van der Waals surface area contributed by atoms with Gasteiger partial charge in [0.2, 0.25) is 5.91 Å². The molecule has 0 saturated heterocycles. The Balaban J connectivity index is 1.85. The van der Waals surface area contributed by atoms with E-state index in [0.717, 1.165) is 5.56 Å². The van der Waals surface area contributed by atoms with Gasteiger partial charge in [0.05, 0.1) is 10.6 Å². The first-order valence-corrected chi connectivity index (χ1v) is 7.34. The topological polar surface area (TPSA) is 58.2 Å². The van der Waals surface area contributed by atoms with Gasteiger partial charge >= 0.3 is 0 Å². The van der Waals surface area contributed by atoms with E-state index in [4.69, 9.17) is 11.6 Å². The van der Waals surface area contributed by atoms with Gasteiger partial charge in [-0.05, 0) is 23.6 Å². The van der Waals surface area contributed by atoms with Gasteiger partial charge in [0.25, 0.3) is 5.91 Å². The molecule has 114 valence electrons. The minimum atomic E-state index is -0.439. The molecule has 0 fully saturated rings. The zero-order valence-electron chi connectivity index (χ0n) is 12.2. The van der Waals surface area contributed by atoms with Crippen molar-refractivity contribution in [1.29, 1.82) is 0 Å². The summed E-state index contributed by atoms with van der Waals surface area (Å²) in [7, 11) is 0. The molecular weight excluding hydrogens is 300 g/mol. The molecule has 1 atom stereocenters. The quantitative estimate of drug-likeness (QED) is 0.850. The fourth-order valence-corrected chi connectivity index (χ4v) is 2.29. The number of hydrazine groups is 1. The van der Waals surface area contributed by atoms with E-state index in [2.05, 4.69) is 10.9 Å². The van der Waals surface area contributed by atoms with Crippen LogP contribution >= 0.6 is 11.6 Å². The summed E-state index contributed by atoms with van der Waals surface area (Å²) in [6, 6.07) is 16.4. The van der Waals surface area contributed by atoms with Gasteiger partial charge in [-0.1, -0.05) is 61.0 Å². The molecule has 4 nitrogen and oxygen atoms in total. The third-order valence-corrected chi connectivity index (χ3v) is 3.62. The summed E-state index contributed by atoms with van der Waals surface area (Å²) >= 11 is 5.93. The van der Waals surface area contributed by atoms with E-state index >= 15 is 0 Å². The van der Waals surface area contributed by atoms with E-state index in [-0.39, 0.29) is 18.2 Å². The standard InChI is InChI=1S/C17H17ClN2O2/c1-12(13-7-3-2-4-8-13)11-16(21)19-20-17(22)14-9-5-6-10-15(14)18/h2-10,12H,11H2,1H3,(H,19,21)(H,20,22). The number of halogens is 1. The summed E-state index contributed by atoms with van der Waals surface area (Å²) in [6.07, 6.45) is 0.285. The summed E-state index contributed by atoms with van der Waals surface area (Å²) in [5.74, 6) is -0.624. The molecule has 0 aliphatic rings. The Morgan fingerprint density at radius 1 is 1.00 bits per heavy atom. The van der Waals surface area contributed by atoms with Crippen LogP contribution in [-0.2, 0) is 4.79 Å². The molecule has 1 unspecified atom stereocenters. The number of carbonyl (C=O) groups is 2. The lowest BCUT2D eigenvalue weighted by atomic mass is 9.98. The first-order chi connectivity index (χ1) is 10.6. The van der Waals surface area contributed by atoms with Gasteiger partial charge in [0, 0.05) is 6.42 Å². The van der Waals surface area contributed by atoms with Crippen LogP contribution < -0.4 is 10.9 Å². The van der Waals surface area contributed by atoms with Crippen molar-refractivity contribution in [3.05, 3.63) is 70.7 Å². The van der Waals surface area contributed by atoms with Gasteiger partial charge < -0.3 is 0 Å². The Hall–Kier alpha value is -2.33. The SMILES string of the molecule is CC(CC(=O)NNC(=O)c1ccccc1Cl)c1ccccc1. The number of hydrogen-bond donors (Lipinski definition) is 2. The van der Waals surface area contributed by atoms with Crippen molar-refractivity contribution in [2.75, 3.05) is 0 Å². The number of amides is 2. The Morgan fingerprint density at radius 2 is 1.64 bits per heavy atom. The van der Waals surface area contributed by atoms with Crippen LogP contribution in [0, 0.1) is 0 Å². The highest BCUT2D eigenvalue weighted by atomic mass is 35.5. The van der Waals surface area contributed by atoms with Gasteiger partial charge in [0.1, 0.15) is 0 Å². The molecule has 22 heavy (non-hydrogen) atoms. The van der Waals surface area contributed by atoms with Crippen LogP contribution in [0.4, 0.5) is 0 Å². The Bertz CT molecular complexity index is 659. The molecule has 2 rings (SSSR count). The average Bonchev–Trinajstić information content (AvgIpc) is 2.54. The highest BCUT2D eigenvalue weighted by molar-refractivity contribution is 6.33. The number of benzene rings is 2. The molecule has 0 aliphatic heterocycles. The van der Waals surface area contributed by atoms with Crippen LogP contribution in [0.15, 0.2) is 54.6 Å². The van der Waals surface area contributed by atoms with Crippen LogP contribution in [0.2, 0.25) is 5.02 Å². The molecule has 5 heteroatoms. The molecule has 2 N–H and O–H groups in total. The summed E-state index contributed by atoms with van der Waals surface area (Å²) in [6.45, 7) is 1.96. The molecule has 2 aromatic carbocycles. The van der Waals surface area contributed by atoms with Gasteiger partial charge in [-0.3, -0.25) is 20.4 Å². The monoisotopic (exact) mass is 316 g/mol. The third-order valence-electron chi connectivity index (χ3n) is 3.29. The van der Waals surface area contributed by atoms with Gasteiger partial charge in [0.15, 0.2) is 0 Å². The minimum Gasteiger partial charge on any atom is -0.273 e. The molecule has 2 aromatic rings. The van der Waals surface area contributed by atoms with Crippen LogP contribution in [-0.4, -0.2) is 11.8 Å². The molecule has 0 aromatic heterocycles. The van der Waals surface area contributed by atoms with Crippen molar-refractivity contribution in [3.8, 4) is 0 Å². The van der Waals surface area contributed by atoms with E-state index in [0.29, 0.717) is 10.6 Å². The predicted molar refractivity (Wildman–Crippen MR) is 86.5 cm³/mol. The first-order valence-electron chi connectivity index (χ1n) is 6.96. The number of carbonyl (C=O) groups excluding carboxylic acids is 2. The van der Waals surface area contributed by atoms with Crippen molar-refractivity contribution < 1.29 is 9.59 Å². The van der Waals surface area contributed by atoms with E-state index in [1.165, 1.54) is 0 Å². The van der Waals surface area contributed by atoms with Crippen molar-refractivity contribution in [1.82, 2.24) is 10.9 Å². The Labute approximate surface area is 134 Å².